The molecule has 0 spiro atoms. The lowest BCUT2D eigenvalue weighted by Gasteiger charge is -2.55. The van der Waals surface area contributed by atoms with Crippen LogP contribution in [0.15, 0.2) is 12.2 Å². The van der Waals surface area contributed by atoms with Gasteiger partial charge in [0.25, 0.3) is 0 Å². The Balaban J connectivity index is 1.28. The summed E-state index contributed by atoms with van der Waals surface area (Å²) in [5, 5.41) is 330. The van der Waals surface area contributed by atoms with Crippen LogP contribution in [0.25, 0.3) is 0 Å². The smallest absolute Gasteiger partial charge is 0.338 e. The molecule has 12 unspecified atom stereocenters. The van der Waals surface area contributed by atoms with Crippen LogP contribution in [0.4, 0.5) is 0 Å². The summed E-state index contributed by atoms with van der Waals surface area (Å²) in [5.74, 6) is -21.3. The van der Waals surface area contributed by atoms with Crippen LogP contribution in [-0.2, 0) is 90.5 Å². The van der Waals surface area contributed by atoms with E-state index in [2.05, 4.69) is 40.4 Å². The zero-order chi connectivity index (χ0) is 110. The lowest BCUT2D eigenvalue weighted by molar-refractivity contribution is -0.384. The Labute approximate surface area is 859 Å². The monoisotopic (exact) mass is 2140 g/mol. The fourth-order valence-electron chi connectivity index (χ4n) is 21.0. The van der Waals surface area contributed by atoms with Crippen molar-refractivity contribution in [2.24, 2.45) is 23.7 Å². The number of aliphatic carboxylic acids is 3. The number of allylic oxidation sites excluding steroid dienone is 1. The number of carboxylic acids is 3. The van der Waals surface area contributed by atoms with E-state index in [-0.39, 0.29) is 6.42 Å². The lowest BCUT2D eigenvalue weighted by atomic mass is 9.70. The van der Waals surface area contributed by atoms with Crippen molar-refractivity contribution in [3.05, 3.63) is 12.2 Å². The molecule has 0 aromatic carbocycles. The van der Waals surface area contributed by atoms with E-state index in [1.165, 1.54) is 77.2 Å². The zero-order valence-electron chi connectivity index (χ0n) is 85.2. The highest BCUT2D eigenvalue weighted by Gasteiger charge is 2.69. The first kappa shape index (κ1) is 129. The molecule has 51 heteroatoms. The first-order valence-electron chi connectivity index (χ1n) is 52.0. The van der Waals surface area contributed by atoms with Crippen molar-refractivity contribution in [1.29, 1.82) is 0 Å². The molecule has 43 atom stereocenters. The van der Waals surface area contributed by atoms with E-state index in [1.54, 1.807) is 6.08 Å². The molecule has 7 fully saturated rings. The SMILES string of the molecule is CCCCCCCCCCCCC/C=C/[C@H](O)[C@@H](CO[C@@H]1O[C@H](CO)[C@@H](O[C@@H]2O[C@H](CO)[C@H](O[C@@H]3O[C@H](CO)[C@H](O)[C@H](O[C@@H]4O[C@H](CO)[C@H](O)[C@H](O)[C@H]4O)[C@H]3NC(C)=O)[C@H](C(O)[C@]3(C(=O)O)C[C@H](O)[C@@H](NC(C)=O)C(C(O)C(CO)C(O)[C@]4(C(=O)O)C[C@H](O)[C@@H](NC(C)=O)C(C(O)C(CO)C(O)[C@]5(C(=O)O)C[C@H](O)[C@@H](NC(C)=O)C(C(O)C(C)CO)O5)O4)O3)[C@H]2O)[C@H](O)[C@H]1O)NC(=O)CCCCCCCCCCCCCCC. The Hall–Kier alpha value is -5.90. The van der Waals surface area contributed by atoms with Crippen LogP contribution >= 0.6 is 0 Å². The molecule has 0 aromatic rings. The summed E-state index contributed by atoms with van der Waals surface area (Å²) in [5.41, 5.74) is -10.9. The molecule has 7 aliphatic rings. The molecule has 858 valence electrons. The molecular weight excluding hydrogens is 1970 g/mol. The Morgan fingerprint density at radius 1 is 0.378 bits per heavy atom. The summed E-state index contributed by atoms with van der Waals surface area (Å²) in [6.45, 7) is -1.05. The van der Waals surface area contributed by atoms with Crippen LogP contribution in [0.3, 0.4) is 0 Å². The van der Waals surface area contributed by atoms with Gasteiger partial charge >= 0.3 is 17.9 Å². The zero-order valence-corrected chi connectivity index (χ0v) is 85.2. The minimum atomic E-state index is -3.85. The molecule has 0 radical (unpaired) electrons. The van der Waals surface area contributed by atoms with Crippen molar-refractivity contribution in [1.82, 2.24) is 26.6 Å². The van der Waals surface area contributed by atoms with E-state index >= 15 is 0 Å². The van der Waals surface area contributed by atoms with Crippen LogP contribution in [0.2, 0.25) is 0 Å². The van der Waals surface area contributed by atoms with E-state index in [0.717, 1.165) is 111 Å². The van der Waals surface area contributed by atoms with Crippen molar-refractivity contribution < 1.29 is 228 Å². The van der Waals surface area contributed by atoms with Crippen molar-refractivity contribution in [2.75, 3.05) is 52.9 Å². The van der Waals surface area contributed by atoms with Gasteiger partial charge in [-0.3, -0.25) is 24.0 Å². The number of nitrogens with one attached hydrogen (secondary N) is 5. The van der Waals surface area contributed by atoms with Gasteiger partial charge in [-0.25, -0.2) is 14.4 Å². The summed E-state index contributed by atoms with van der Waals surface area (Å²) in [7, 11) is 0. The Morgan fingerprint density at radius 2 is 0.730 bits per heavy atom. The molecule has 7 aliphatic heterocycles. The number of rotatable bonds is 64. The molecule has 0 aromatic heterocycles. The van der Waals surface area contributed by atoms with Crippen molar-refractivity contribution >= 4 is 47.4 Å². The number of hydrogen-bond acceptors (Lipinski definition) is 43. The van der Waals surface area contributed by atoms with Gasteiger partial charge in [0.1, 0.15) is 122 Å². The quantitative estimate of drug-likeness (QED) is 0.0199. The Bertz CT molecular complexity index is 3990. The van der Waals surface area contributed by atoms with Gasteiger partial charge in [0.05, 0.1) is 119 Å². The molecule has 148 heavy (non-hydrogen) atoms. The minimum absolute atomic E-state index is 0.0412. The average Bonchev–Trinajstić information content (AvgIpc) is 0.727. The Morgan fingerprint density at radius 3 is 1.15 bits per heavy atom. The predicted molar refractivity (Wildman–Crippen MR) is 509 cm³/mol. The third-order valence-electron chi connectivity index (χ3n) is 29.6. The summed E-state index contributed by atoms with van der Waals surface area (Å²) in [6.07, 6.45) is -49.7. The fourth-order valence-corrected chi connectivity index (χ4v) is 21.0. The predicted octanol–water partition coefficient (Wildman–Crippen LogP) is -7.30. The summed E-state index contributed by atoms with van der Waals surface area (Å²) in [6, 6.07) is -9.69. The average molecular weight is 2140 g/mol. The first-order valence-corrected chi connectivity index (χ1v) is 52.0. The number of ether oxygens (including phenoxy) is 11. The second-order valence-electron chi connectivity index (χ2n) is 40.7. The molecule has 51 nitrogen and oxygen atoms in total. The maximum atomic E-state index is 14.9. The van der Waals surface area contributed by atoms with Crippen molar-refractivity contribution in [3.8, 4) is 0 Å². The molecule has 0 bridgehead atoms. The van der Waals surface area contributed by atoms with Crippen molar-refractivity contribution in [3.63, 3.8) is 0 Å². The number of carboxylic acid groups (broad SMARTS) is 3. The second-order valence-corrected chi connectivity index (χ2v) is 40.7. The summed E-state index contributed by atoms with van der Waals surface area (Å²) >= 11 is 0. The Kier molecular flexibility index (Phi) is 54.2. The van der Waals surface area contributed by atoms with Crippen molar-refractivity contribution in [2.45, 2.75) is 472 Å². The highest BCUT2D eigenvalue weighted by Crippen LogP contribution is 2.49. The maximum absolute atomic E-state index is 14.9. The number of aliphatic hydroxyl groups is 24. The van der Waals surface area contributed by atoms with E-state index in [4.69, 9.17) is 52.1 Å². The third kappa shape index (κ3) is 33.4. The molecular formula is C97H169N5O46. The van der Waals surface area contributed by atoms with Gasteiger partial charge in [-0.15, -0.1) is 0 Å². The standard InChI is InChI=1S/C97H169N5O46/c1-8-10-12-14-16-18-20-22-24-26-28-30-32-34-55(114)54(102-63(118)35-33-31-29-27-25-23-21-19-17-15-13-11-9-2)46-138-89-78(128)76(126)80(62(45-109)141-89)144-90-74(124)64(79(61(44-108)142-90)143-88-68(101-51(7)113)81(73(123)60(43-107)139-88)145-91-77(127)75(125)72(122)59(42-106)140-91)87(131)97(94(136)137)38-58(117)67(100-50(6)112)84(148-97)71(121)53(41-105)86(130)96(93(134)135)37-57(116)66(99-49(5)111)83(147-96)70(120)52(40-104)85(129)95(92(132)133)36-56(115)65(98-48(4)110)82(146-95)69(119)47(3)39-103/h32,34,47,52-62,64-91,103-109,114-117,119-131H,8-31,33,35-46H2,1-7H3,(H,98,110)(H,99,111)(H,100,112)(H,101,113)(H,102,118)(H,132,133)(H,134,135)(H,136,137)/b34-32+/t47?,52?,53?,54-,55+,56+,57+,58+,59-,60-,61-,62-,64-,65-,66-,67-,68-,69?,70?,71?,72+,73+,74-,75+,76-,77-,78-,79+,80-,81-,82?,83?,84?,85?,86?,87?,88+,89-,90+,91+,95+,96+,97+/m1/s1. The van der Waals surface area contributed by atoms with E-state index < -0.39 is 380 Å². The summed E-state index contributed by atoms with van der Waals surface area (Å²) in [4.78, 5) is 109. The molecule has 0 aliphatic carbocycles. The van der Waals surface area contributed by atoms with Crippen LogP contribution < -0.4 is 26.6 Å². The van der Waals surface area contributed by atoms with Crippen LogP contribution in [0.5, 0.6) is 0 Å². The normalized spacial score (nSPS) is 36.0. The van der Waals surface area contributed by atoms with E-state index in [1.807, 2.05) is 0 Å². The van der Waals surface area contributed by atoms with Gasteiger partial charge in [0.15, 0.2) is 42.0 Å². The number of unbranched alkanes of at least 4 members (excludes halogenated alkanes) is 23. The first-order chi connectivity index (χ1) is 70.2. The largest absolute Gasteiger partial charge is 0.479 e. The molecule has 5 amide bonds. The second kappa shape index (κ2) is 62.1. The van der Waals surface area contributed by atoms with Gasteiger partial charge in [-0.05, 0) is 19.3 Å². The number of carbonyl (C=O) groups is 8. The van der Waals surface area contributed by atoms with E-state index in [0.29, 0.717) is 12.8 Å². The van der Waals surface area contributed by atoms with Crippen LogP contribution in [-0.4, -0.2) is 475 Å². The number of hydrogen-bond donors (Lipinski definition) is 32. The van der Waals surface area contributed by atoms with Gasteiger partial charge < -0.3 is 217 Å². The van der Waals surface area contributed by atoms with Crippen LogP contribution in [0.1, 0.15) is 235 Å². The van der Waals surface area contributed by atoms with Gasteiger partial charge in [-0.1, -0.05) is 174 Å². The molecule has 7 saturated heterocycles. The summed E-state index contributed by atoms with van der Waals surface area (Å²) < 4.78 is 66.8. The molecule has 0 saturated carbocycles. The van der Waals surface area contributed by atoms with E-state index in [9.17, 15) is 176 Å². The number of amides is 5. The highest BCUT2D eigenvalue weighted by atomic mass is 16.8. The topological polar surface area (TPSA) is 844 Å². The third-order valence-corrected chi connectivity index (χ3v) is 29.6. The van der Waals surface area contributed by atoms with Gasteiger partial charge in [0, 0.05) is 83.7 Å². The molecule has 7 rings (SSSR count). The lowest BCUT2D eigenvalue weighted by Crippen LogP contribution is -2.75. The fraction of sp³-hybridized carbons (Fsp3) is 0.897. The molecule has 32 N–H and O–H groups in total. The minimum Gasteiger partial charge on any atom is -0.479 e. The van der Waals surface area contributed by atoms with Crippen LogP contribution in [0, 0.1) is 23.7 Å². The highest BCUT2D eigenvalue weighted by molar-refractivity contribution is 5.81. The van der Waals surface area contributed by atoms with Gasteiger partial charge in [0.2, 0.25) is 29.5 Å². The molecule has 7 heterocycles. The number of carbonyl (C=O) groups excluding carboxylic acids is 5. The maximum Gasteiger partial charge on any atom is 0.338 e. The number of aliphatic hydroxyl groups excluding tert-OH is 24. The van der Waals surface area contributed by atoms with Gasteiger partial charge in [-0.2, -0.15) is 0 Å².